The molecule has 0 fully saturated rings. The molecule has 0 aliphatic heterocycles. The topological polar surface area (TPSA) is 144 Å². The standard InChI is InChI=1S/C16H17N3O7/c1-25-14-5-4-10(19(23)24)7-12(14)18-15(20)8-13(16(21)22)17-9-11-3-2-6-26-11/h2-7,13,17H,8-9H2,1H3,(H,18,20)(H,21,22). The van der Waals surface area contributed by atoms with Crippen molar-refractivity contribution < 1.29 is 28.8 Å². The number of nitro benzene ring substituents is 1. The van der Waals surface area contributed by atoms with E-state index in [1.165, 1.54) is 25.5 Å². The van der Waals surface area contributed by atoms with E-state index in [2.05, 4.69) is 10.6 Å². The molecule has 1 unspecified atom stereocenters. The number of hydrogen-bond acceptors (Lipinski definition) is 7. The van der Waals surface area contributed by atoms with Crippen molar-refractivity contribution in [2.45, 2.75) is 19.0 Å². The van der Waals surface area contributed by atoms with Crippen LogP contribution in [0.4, 0.5) is 11.4 Å². The monoisotopic (exact) mass is 363 g/mol. The van der Waals surface area contributed by atoms with Crippen LogP contribution in [0.25, 0.3) is 0 Å². The Labute approximate surface area is 147 Å². The number of nitrogens with one attached hydrogen (secondary N) is 2. The molecule has 1 aromatic heterocycles. The summed E-state index contributed by atoms with van der Waals surface area (Å²) in [6, 6.07) is 5.89. The van der Waals surface area contributed by atoms with E-state index in [9.17, 15) is 24.8 Å². The van der Waals surface area contributed by atoms with Crippen LogP contribution in [0.5, 0.6) is 5.75 Å². The Hall–Kier alpha value is -3.40. The lowest BCUT2D eigenvalue weighted by Gasteiger charge is -2.14. The van der Waals surface area contributed by atoms with Crippen molar-refractivity contribution >= 4 is 23.3 Å². The molecule has 0 bridgehead atoms. The number of non-ortho nitro benzene ring substituents is 1. The molecule has 1 atom stereocenters. The van der Waals surface area contributed by atoms with Crippen molar-refractivity contribution in [2.24, 2.45) is 0 Å². The number of amides is 1. The molecule has 1 amide bonds. The molecule has 0 aliphatic carbocycles. The first-order valence-electron chi connectivity index (χ1n) is 7.51. The second-order valence-electron chi connectivity index (χ2n) is 5.25. The maximum atomic E-state index is 12.2. The second kappa shape index (κ2) is 8.62. The lowest BCUT2D eigenvalue weighted by atomic mass is 10.2. The van der Waals surface area contributed by atoms with Crippen molar-refractivity contribution in [1.29, 1.82) is 0 Å². The van der Waals surface area contributed by atoms with Crippen LogP contribution in [0.2, 0.25) is 0 Å². The minimum atomic E-state index is -1.21. The highest BCUT2D eigenvalue weighted by molar-refractivity contribution is 5.95. The molecule has 0 aliphatic rings. The van der Waals surface area contributed by atoms with Gasteiger partial charge < -0.3 is 19.6 Å². The normalized spacial score (nSPS) is 11.6. The zero-order valence-electron chi connectivity index (χ0n) is 13.8. The maximum absolute atomic E-state index is 12.2. The van der Waals surface area contributed by atoms with Gasteiger partial charge in [0.05, 0.1) is 36.9 Å². The molecule has 26 heavy (non-hydrogen) atoms. The van der Waals surface area contributed by atoms with Crippen LogP contribution in [-0.2, 0) is 16.1 Å². The summed E-state index contributed by atoms with van der Waals surface area (Å²) in [4.78, 5) is 33.7. The average molecular weight is 363 g/mol. The van der Waals surface area contributed by atoms with Crippen LogP contribution < -0.4 is 15.4 Å². The number of benzene rings is 1. The van der Waals surface area contributed by atoms with Crippen LogP contribution in [-0.4, -0.2) is 35.1 Å². The van der Waals surface area contributed by atoms with Crippen LogP contribution in [0, 0.1) is 10.1 Å². The fourth-order valence-electron chi connectivity index (χ4n) is 2.18. The molecule has 2 rings (SSSR count). The quantitative estimate of drug-likeness (QED) is 0.451. The van der Waals surface area contributed by atoms with E-state index in [0.29, 0.717) is 5.76 Å². The Morgan fingerprint density at radius 1 is 1.38 bits per heavy atom. The van der Waals surface area contributed by atoms with E-state index < -0.39 is 22.8 Å². The molecule has 138 valence electrons. The summed E-state index contributed by atoms with van der Waals surface area (Å²) in [5.74, 6) is -1.10. The van der Waals surface area contributed by atoms with Gasteiger partial charge in [0.15, 0.2) is 0 Å². The molecule has 3 N–H and O–H groups in total. The summed E-state index contributed by atoms with van der Waals surface area (Å²) in [7, 11) is 1.35. The molecule has 0 saturated carbocycles. The van der Waals surface area contributed by atoms with Gasteiger partial charge >= 0.3 is 5.97 Å². The Kier molecular flexibility index (Phi) is 6.28. The van der Waals surface area contributed by atoms with E-state index in [0.717, 1.165) is 6.07 Å². The van der Waals surface area contributed by atoms with Gasteiger partial charge in [-0.05, 0) is 18.2 Å². The molecule has 10 nitrogen and oxygen atoms in total. The van der Waals surface area contributed by atoms with E-state index >= 15 is 0 Å². The molecule has 1 heterocycles. The smallest absolute Gasteiger partial charge is 0.321 e. The number of carboxylic acid groups (broad SMARTS) is 1. The summed E-state index contributed by atoms with van der Waals surface area (Å²) < 4.78 is 10.1. The van der Waals surface area contributed by atoms with Gasteiger partial charge in [0, 0.05) is 12.1 Å². The number of nitrogens with zero attached hydrogens (tertiary/aromatic N) is 1. The molecule has 0 radical (unpaired) electrons. The number of furan rings is 1. The lowest BCUT2D eigenvalue weighted by Crippen LogP contribution is -2.39. The third kappa shape index (κ3) is 5.05. The third-order valence-corrected chi connectivity index (χ3v) is 3.46. The maximum Gasteiger partial charge on any atom is 0.321 e. The van der Waals surface area contributed by atoms with Gasteiger partial charge in [0.1, 0.15) is 17.6 Å². The molecule has 0 saturated heterocycles. The molecular formula is C16H17N3O7. The molecular weight excluding hydrogens is 346 g/mol. The number of carbonyl (C=O) groups is 2. The van der Waals surface area contributed by atoms with Crippen LogP contribution in [0.3, 0.4) is 0 Å². The van der Waals surface area contributed by atoms with Gasteiger partial charge in [-0.25, -0.2) is 0 Å². The SMILES string of the molecule is COc1ccc([N+](=O)[O-])cc1NC(=O)CC(NCc1ccco1)C(=O)O. The number of anilines is 1. The third-order valence-electron chi connectivity index (χ3n) is 3.46. The van der Waals surface area contributed by atoms with E-state index in [-0.39, 0.29) is 30.1 Å². The minimum absolute atomic E-state index is 0.0851. The van der Waals surface area contributed by atoms with Gasteiger partial charge in [0.25, 0.3) is 5.69 Å². The predicted molar refractivity (Wildman–Crippen MR) is 89.9 cm³/mol. The van der Waals surface area contributed by atoms with Crippen LogP contribution in [0.1, 0.15) is 12.2 Å². The zero-order chi connectivity index (χ0) is 19.1. The first kappa shape index (κ1) is 18.9. The number of hydrogen-bond donors (Lipinski definition) is 3. The molecule has 1 aromatic carbocycles. The van der Waals surface area contributed by atoms with Gasteiger partial charge in [-0.15, -0.1) is 0 Å². The van der Waals surface area contributed by atoms with Crippen molar-refractivity contribution in [3.05, 3.63) is 52.5 Å². The van der Waals surface area contributed by atoms with Crippen LogP contribution in [0.15, 0.2) is 41.0 Å². The predicted octanol–water partition coefficient (Wildman–Crippen LogP) is 1.77. The fraction of sp³-hybridized carbons (Fsp3) is 0.250. The number of carbonyl (C=O) groups excluding carboxylic acids is 1. The first-order valence-corrected chi connectivity index (χ1v) is 7.51. The fourth-order valence-corrected chi connectivity index (χ4v) is 2.18. The highest BCUT2D eigenvalue weighted by atomic mass is 16.6. The molecule has 10 heteroatoms. The Morgan fingerprint density at radius 3 is 2.73 bits per heavy atom. The lowest BCUT2D eigenvalue weighted by molar-refractivity contribution is -0.384. The number of ether oxygens (including phenoxy) is 1. The Bertz CT molecular complexity index is 789. The summed E-state index contributed by atoms with van der Waals surface area (Å²) in [6.45, 7) is 0.136. The number of rotatable bonds is 9. The Balaban J connectivity index is 2.04. The van der Waals surface area contributed by atoms with E-state index in [4.69, 9.17) is 9.15 Å². The summed E-state index contributed by atoms with van der Waals surface area (Å²) >= 11 is 0. The first-order chi connectivity index (χ1) is 12.4. The largest absolute Gasteiger partial charge is 0.495 e. The van der Waals surface area contributed by atoms with Gasteiger partial charge in [0.2, 0.25) is 5.91 Å². The van der Waals surface area contributed by atoms with Crippen LogP contribution >= 0.6 is 0 Å². The highest BCUT2D eigenvalue weighted by Crippen LogP contribution is 2.29. The summed E-state index contributed by atoms with van der Waals surface area (Å²) in [5, 5.41) is 25.2. The number of aliphatic carboxylic acids is 1. The summed E-state index contributed by atoms with van der Waals surface area (Å²) in [6.07, 6.45) is 1.07. The zero-order valence-corrected chi connectivity index (χ0v) is 13.8. The highest BCUT2D eigenvalue weighted by Gasteiger charge is 2.22. The second-order valence-corrected chi connectivity index (χ2v) is 5.25. The van der Waals surface area contributed by atoms with Gasteiger partial charge in [-0.1, -0.05) is 0 Å². The molecule has 0 spiro atoms. The van der Waals surface area contributed by atoms with Crippen molar-refractivity contribution in [3.8, 4) is 5.75 Å². The van der Waals surface area contributed by atoms with Crippen molar-refractivity contribution in [1.82, 2.24) is 5.32 Å². The van der Waals surface area contributed by atoms with Gasteiger partial charge in [-0.2, -0.15) is 0 Å². The Morgan fingerprint density at radius 2 is 2.15 bits per heavy atom. The number of carboxylic acids is 1. The number of methoxy groups -OCH3 is 1. The minimum Gasteiger partial charge on any atom is -0.495 e. The summed E-state index contributed by atoms with van der Waals surface area (Å²) in [5.41, 5.74) is -0.145. The van der Waals surface area contributed by atoms with E-state index in [1.54, 1.807) is 12.1 Å². The van der Waals surface area contributed by atoms with Crippen molar-refractivity contribution in [3.63, 3.8) is 0 Å². The number of nitro groups is 1. The van der Waals surface area contributed by atoms with Gasteiger partial charge in [-0.3, -0.25) is 25.0 Å². The average Bonchev–Trinajstić information content (AvgIpc) is 3.11. The molecule has 2 aromatic rings. The van der Waals surface area contributed by atoms with Crippen molar-refractivity contribution in [2.75, 3.05) is 12.4 Å². The van der Waals surface area contributed by atoms with E-state index in [1.807, 2.05) is 0 Å².